The van der Waals surface area contributed by atoms with Gasteiger partial charge in [-0.2, -0.15) is 0 Å². The summed E-state index contributed by atoms with van der Waals surface area (Å²) in [6, 6.07) is 6.72. The molecule has 2 rings (SSSR count). The summed E-state index contributed by atoms with van der Waals surface area (Å²) in [5.74, 6) is -1.92. The standard InChI is InChI=1S/C13H13N3O4/c1-7(17)8-4-2-3-5-9(8)16-12(18)10-11(13(19)20)15-6-14-10/h2-7,17H,1H3,(H,14,15)(H,16,18)(H,19,20). The van der Waals surface area contributed by atoms with Gasteiger partial charge in [-0.15, -0.1) is 0 Å². The van der Waals surface area contributed by atoms with Crippen molar-refractivity contribution < 1.29 is 19.8 Å². The molecule has 0 radical (unpaired) electrons. The molecule has 20 heavy (non-hydrogen) atoms. The molecule has 4 N–H and O–H groups in total. The first kappa shape index (κ1) is 13.8. The van der Waals surface area contributed by atoms with Crippen LogP contribution in [0.25, 0.3) is 0 Å². The number of aromatic nitrogens is 2. The first-order valence-electron chi connectivity index (χ1n) is 5.85. The van der Waals surface area contributed by atoms with Crippen molar-refractivity contribution in [2.45, 2.75) is 13.0 Å². The number of aliphatic hydroxyl groups excluding tert-OH is 1. The molecule has 7 heteroatoms. The van der Waals surface area contributed by atoms with E-state index in [1.807, 2.05) is 0 Å². The molecule has 0 saturated heterocycles. The van der Waals surface area contributed by atoms with Gasteiger partial charge >= 0.3 is 5.97 Å². The molecule has 0 fully saturated rings. The maximum atomic E-state index is 12.0. The first-order chi connectivity index (χ1) is 9.50. The van der Waals surface area contributed by atoms with E-state index in [4.69, 9.17) is 5.11 Å². The number of carboxylic acid groups (broad SMARTS) is 1. The molecule has 1 heterocycles. The molecule has 0 aliphatic carbocycles. The van der Waals surface area contributed by atoms with Crippen molar-refractivity contribution in [1.29, 1.82) is 0 Å². The van der Waals surface area contributed by atoms with Crippen molar-refractivity contribution in [2.75, 3.05) is 5.32 Å². The summed E-state index contributed by atoms with van der Waals surface area (Å²) in [7, 11) is 0. The highest BCUT2D eigenvalue weighted by Crippen LogP contribution is 2.22. The number of carbonyl (C=O) groups excluding carboxylic acids is 1. The number of H-pyrrole nitrogens is 1. The van der Waals surface area contributed by atoms with Gasteiger partial charge in [0.15, 0.2) is 11.4 Å². The fourth-order valence-electron chi connectivity index (χ4n) is 1.79. The molecule has 0 aliphatic heterocycles. The van der Waals surface area contributed by atoms with E-state index in [-0.39, 0.29) is 11.4 Å². The van der Waals surface area contributed by atoms with Gasteiger partial charge in [-0.1, -0.05) is 18.2 Å². The summed E-state index contributed by atoms with van der Waals surface area (Å²) >= 11 is 0. The Morgan fingerprint density at radius 2 is 2.05 bits per heavy atom. The number of para-hydroxylation sites is 1. The Balaban J connectivity index is 2.29. The quantitative estimate of drug-likeness (QED) is 0.673. The van der Waals surface area contributed by atoms with Crippen LogP contribution < -0.4 is 5.32 Å². The fourth-order valence-corrected chi connectivity index (χ4v) is 1.79. The molecule has 0 aliphatic rings. The highest BCUT2D eigenvalue weighted by atomic mass is 16.4. The molecule has 0 spiro atoms. The van der Waals surface area contributed by atoms with Crippen molar-refractivity contribution in [3.8, 4) is 0 Å². The zero-order chi connectivity index (χ0) is 14.7. The monoisotopic (exact) mass is 275 g/mol. The minimum atomic E-state index is -1.27. The number of aromatic amines is 1. The number of anilines is 1. The average molecular weight is 275 g/mol. The lowest BCUT2D eigenvalue weighted by Gasteiger charge is -2.12. The molecular formula is C13H13N3O4. The minimum Gasteiger partial charge on any atom is -0.477 e. The average Bonchev–Trinajstić information content (AvgIpc) is 2.88. The number of nitrogens with zero attached hydrogens (tertiary/aromatic N) is 1. The lowest BCUT2D eigenvalue weighted by Crippen LogP contribution is -2.17. The Kier molecular flexibility index (Phi) is 3.81. The molecular weight excluding hydrogens is 262 g/mol. The normalized spacial score (nSPS) is 11.9. The second-order valence-corrected chi connectivity index (χ2v) is 4.15. The van der Waals surface area contributed by atoms with Gasteiger partial charge in [0, 0.05) is 11.3 Å². The predicted octanol–water partition coefficient (Wildman–Crippen LogP) is 1.41. The number of hydrogen-bond donors (Lipinski definition) is 4. The zero-order valence-corrected chi connectivity index (χ0v) is 10.6. The largest absolute Gasteiger partial charge is 0.477 e. The van der Waals surface area contributed by atoms with Crippen molar-refractivity contribution in [2.24, 2.45) is 0 Å². The fraction of sp³-hybridized carbons (Fsp3) is 0.154. The minimum absolute atomic E-state index is 0.210. The summed E-state index contributed by atoms with van der Waals surface area (Å²) in [4.78, 5) is 29.0. The molecule has 1 atom stereocenters. The van der Waals surface area contributed by atoms with Crippen LogP contribution in [0.15, 0.2) is 30.6 Å². The Bertz CT molecular complexity index is 649. The van der Waals surface area contributed by atoms with Gasteiger partial charge in [-0.25, -0.2) is 9.78 Å². The Hall–Kier alpha value is -2.67. The van der Waals surface area contributed by atoms with Crippen LogP contribution in [0.2, 0.25) is 0 Å². The van der Waals surface area contributed by atoms with E-state index in [1.54, 1.807) is 31.2 Å². The van der Waals surface area contributed by atoms with E-state index in [9.17, 15) is 14.7 Å². The molecule has 0 bridgehead atoms. The lowest BCUT2D eigenvalue weighted by atomic mass is 10.1. The smallest absolute Gasteiger partial charge is 0.354 e. The molecule has 1 aromatic carbocycles. The van der Waals surface area contributed by atoms with Crippen molar-refractivity contribution >= 4 is 17.6 Å². The molecule has 104 valence electrons. The Labute approximate surface area is 114 Å². The molecule has 7 nitrogen and oxygen atoms in total. The van der Waals surface area contributed by atoms with Crippen LogP contribution in [0.1, 0.15) is 39.6 Å². The number of benzene rings is 1. The van der Waals surface area contributed by atoms with Gasteiger partial charge in [0.05, 0.1) is 12.4 Å². The summed E-state index contributed by atoms with van der Waals surface area (Å²) in [6.45, 7) is 1.57. The van der Waals surface area contributed by atoms with Gasteiger partial charge in [-0.3, -0.25) is 4.79 Å². The third kappa shape index (κ3) is 2.67. The number of hydrogen-bond acceptors (Lipinski definition) is 4. The van der Waals surface area contributed by atoms with Crippen molar-refractivity contribution in [3.05, 3.63) is 47.5 Å². The summed E-state index contributed by atoms with van der Waals surface area (Å²) < 4.78 is 0. The second kappa shape index (κ2) is 5.54. The van der Waals surface area contributed by atoms with Gasteiger partial charge in [-0.05, 0) is 13.0 Å². The molecule has 2 aromatic rings. The highest BCUT2D eigenvalue weighted by Gasteiger charge is 2.20. The summed E-state index contributed by atoms with van der Waals surface area (Å²) in [5, 5.41) is 21.1. The highest BCUT2D eigenvalue weighted by molar-refractivity contribution is 6.08. The summed E-state index contributed by atoms with van der Waals surface area (Å²) in [5.41, 5.74) is 0.454. The van der Waals surface area contributed by atoms with Crippen LogP contribution in [0, 0.1) is 0 Å². The van der Waals surface area contributed by atoms with E-state index < -0.39 is 18.0 Å². The second-order valence-electron chi connectivity index (χ2n) is 4.15. The molecule has 1 unspecified atom stereocenters. The van der Waals surface area contributed by atoms with Crippen LogP contribution in [-0.2, 0) is 0 Å². The van der Waals surface area contributed by atoms with Gasteiger partial charge in [0.25, 0.3) is 5.91 Å². The van der Waals surface area contributed by atoms with Crippen molar-refractivity contribution in [1.82, 2.24) is 9.97 Å². The van der Waals surface area contributed by atoms with E-state index in [0.29, 0.717) is 11.3 Å². The maximum Gasteiger partial charge on any atom is 0.354 e. The Morgan fingerprint density at radius 1 is 1.35 bits per heavy atom. The van der Waals surface area contributed by atoms with Gasteiger partial charge in [0.1, 0.15) is 0 Å². The third-order valence-corrected chi connectivity index (χ3v) is 2.73. The van der Waals surface area contributed by atoms with Crippen LogP contribution >= 0.6 is 0 Å². The molecule has 1 amide bonds. The van der Waals surface area contributed by atoms with Crippen molar-refractivity contribution in [3.63, 3.8) is 0 Å². The zero-order valence-electron chi connectivity index (χ0n) is 10.6. The topological polar surface area (TPSA) is 115 Å². The maximum absolute atomic E-state index is 12.0. The summed E-state index contributed by atoms with van der Waals surface area (Å²) in [6.07, 6.45) is 0.378. The number of nitrogens with one attached hydrogen (secondary N) is 2. The SMILES string of the molecule is CC(O)c1ccccc1NC(=O)c1nc[nH]c1C(=O)O. The van der Waals surface area contributed by atoms with Gasteiger partial charge in [0.2, 0.25) is 0 Å². The molecule has 1 aromatic heterocycles. The van der Waals surface area contributed by atoms with E-state index >= 15 is 0 Å². The predicted molar refractivity (Wildman–Crippen MR) is 70.6 cm³/mol. The number of imidazole rings is 1. The number of carboxylic acids is 1. The van der Waals surface area contributed by atoms with Crippen LogP contribution in [-0.4, -0.2) is 32.1 Å². The van der Waals surface area contributed by atoms with E-state index in [2.05, 4.69) is 15.3 Å². The number of rotatable bonds is 4. The first-order valence-corrected chi connectivity index (χ1v) is 5.85. The van der Waals surface area contributed by atoms with Gasteiger partial charge < -0.3 is 20.5 Å². The number of amides is 1. The van der Waals surface area contributed by atoms with Crippen LogP contribution in [0.3, 0.4) is 0 Å². The number of aliphatic hydroxyl groups is 1. The van der Waals surface area contributed by atoms with Crippen LogP contribution in [0.5, 0.6) is 0 Å². The third-order valence-electron chi connectivity index (χ3n) is 2.73. The van der Waals surface area contributed by atoms with Crippen LogP contribution in [0.4, 0.5) is 5.69 Å². The van der Waals surface area contributed by atoms with E-state index in [0.717, 1.165) is 6.33 Å². The lowest BCUT2D eigenvalue weighted by molar-refractivity contribution is 0.0686. The number of carbonyl (C=O) groups is 2. The van der Waals surface area contributed by atoms with E-state index in [1.165, 1.54) is 0 Å². The Morgan fingerprint density at radius 3 is 2.70 bits per heavy atom. The number of aromatic carboxylic acids is 1. The molecule has 0 saturated carbocycles.